The molecule has 6 heteroatoms. The smallest absolute Gasteiger partial charge is 0.195 e. The molecule has 0 spiro atoms. The van der Waals surface area contributed by atoms with Gasteiger partial charge in [0.05, 0.1) is 34.1 Å². The lowest BCUT2D eigenvalue weighted by molar-refractivity contribution is 0.316. The van der Waals surface area contributed by atoms with E-state index in [0.717, 1.165) is 27.3 Å². The highest BCUT2D eigenvalue weighted by Gasteiger charge is 2.15. The van der Waals surface area contributed by atoms with Crippen LogP contribution in [0.25, 0.3) is 26.4 Å². The van der Waals surface area contributed by atoms with E-state index in [2.05, 4.69) is 27.9 Å². The Hall–Kier alpha value is -3.17. The Bertz CT molecular complexity index is 1150. The molecule has 0 aliphatic heterocycles. The average molecular weight is 360 g/mol. The lowest BCUT2D eigenvalue weighted by Gasteiger charge is -2.11. The number of imidazole rings is 1. The van der Waals surface area contributed by atoms with Crippen LogP contribution in [0.4, 0.5) is 0 Å². The highest BCUT2D eigenvalue weighted by Crippen LogP contribution is 2.30. The first-order valence-electron chi connectivity index (χ1n) is 8.26. The molecule has 128 valence electrons. The summed E-state index contributed by atoms with van der Waals surface area (Å²) < 4.78 is 3.34. The molecule has 0 saturated heterocycles. The number of para-hydroxylation sites is 1. The van der Waals surface area contributed by atoms with Crippen LogP contribution in [0, 0.1) is 11.3 Å². The van der Waals surface area contributed by atoms with Crippen LogP contribution in [0.5, 0.6) is 0 Å². The molecular formula is C20H16N4OS. The van der Waals surface area contributed by atoms with Crippen molar-refractivity contribution in [3.8, 4) is 17.3 Å². The third-order valence-electron chi connectivity index (χ3n) is 4.59. The Morgan fingerprint density at radius 1 is 1.27 bits per heavy atom. The van der Waals surface area contributed by atoms with Gasteiger partial charge in [-0.15, -0.1) is 0 Å². The molecule has 0 saturated carbocycles. The fourth-order valence-electron chi connectivity index (χ4n) is 3.08. The Kier molecular flexibility index (Phi) is 4.15. The second kappa shape index (κ2) is 6.62. The number of rotatable bonds is 4. The molecule has 0 fully saturated rings. The van der Waals surface area contributed by atoms with Crippen molar-refractivity contribution in [2.24, 2.45) is 5.16 Å². The number of nitriles is 1. The maximum atomic E-state index is 9.09. The zero-order valence-electron chi connectivity index (χ0n) is 14.1. The van der Waals surface area contributed by atoms with E-state index in [1.54, 1.807) is 11.3 Å². The van der Waals surface area contributed by atoms with Crippen LogP contribution in [-0.2, 0) is 0 Å². The van der Waals surface area contributed by atoms with Crippen LogP contribution >= 0.6 is 11.3 Å². The molecule has 4 aromatic rings. The van der Waals surface area contributed by atoms with E-state index in [1.165, 1.54) is 4.70 Å². The molecule has 5 nitrogen and oxygen atoms in total. The van der Waals surface area contributed by atoms with Gasteiger partial charge in [0.25, 0.3) is 0 Å². The number of fused-ring (bicyclic) bond motifs is 3. The van der Waals surface area contributed by atoms with Gasteiger partial charge >= 0.3 is 0 Å². The summed E-state index contributed by atoms with van der Waals surface area (Å²) in [6, 6.07) is 18.3. The van der Waals surface area contributed by atoms with Gasteiger partial charge in [0.15, 0.2) is 4.96 Å². The molecule has 0 amide bonds. The molecule has 26 heavy (non-hydrogen) atoms. The largest absolute Gasteiger partial charge is 0.411 e. The van der Waals surface area contributed by atoms with E-state index in [4.69, 9.17) is 15.5 Å². The third-order valence-corrected chi connectivity index (χ3v) is 5.63. The maximum absolute atomic E-state index is 9.09. The minimum absolute atomic E-state index is 0.108. The second-order valence-electron chi connectivity index (χ2n) is 6.12. The van der Waals surface area contributed by atoms with Crippen LogP contribution in [0.1, 0.15) is 24.8 Å². The normalized spacial score (nSPS) is 13.2. The number of hydrogen-bond donors (Lipinski definition) is 1. The number of oxime groups is 1. The molecule has 0 radical (unpaired) electrons. The first kappa shape index (κ1) is 16.3. The van der Waals surface area contributed by atoms with Gasteiger partial charge in [-0.2, -0.15) is 5.26 Å². The highest BCUT2D eigenvalue weighted by molar-refractivity contribution is 7.23. The maximum Gasteiger partial charge on any atom is 0.195 e. The van der Waals surface area contributed by atoms with Crippen molar-refractivity contribution in [1.82, 2.24) is 9.38 Å². The first-order valence-corrected chi connectivity index (χ1v) is 9.07. The first-order chi connectivity index (χ1) is 12.7. The number of nitrogens with zero attached hydrogens (tertiary/aromatic N) is 4. The van der Waals surface area contributed by atoms with Gasteiger partial charge < -0.3 is 5.21 Å². The predicted molar refractivity (Wildman–Crippen MR) is 104 cm³/mol. The van der Waals surface area contributed by atoms with Gasteiger partial charge in [0.1, 0.15) is 0 Å². The fraction of sp³-hybridized carbons (Fsp3) is 0.150. The van der Waals surface area contributed by atoms with Gasteiger partial charge in [-0.05, 0) is 17.7 Å². The summed E-state index contributed by atoms with van der Waals surface area (Å²) in [6.45, 7) is 1.93. The van der Waals surface area contributed by atoms with Crippen molar-refractivity contribution in [1.29, 1.82) is 5.26 Å². The van der Waals surface area contributed by atoms with E-state index in [9.17, 15) is 0 Å². The second-order valence-corrected chi connectivity index (χ2v) is 7.13. The van der Waals surface area contributed by atoms with Crippen molar-refractivity contribution in [2.45, 2.75) is 19.3 Å². The van der Waals surface area contributed by atoms with E-state index in [-0.39, 0.29) is 12.3 Å². The summed E-state index contributed by atoms with van der Waals surface area (Å²) in [5.41, 5.74) is 4.59. The highest BCUT2D eigenvalue weighted by atomic mass is 32.1. The van der Waals surface area contributed by atoms with Crippen molar-refractivity contribution in [3.05, 3.63) is 60.3 Å². The molecule has 2 aromatic carbocycles. The molecular weight excluding hydrogens is 344 g/mol. The van der Waals surface area contributed by atoms with Gasteiger partial charge in [0, 0.05) is 17.7 Å². The summed E-state index contributed by atoms with van der Waals surface area (Å²) in [4.78, 5) is 5.72. The molecule has 0 aliphatic rings. The Morgan fingerprint density at radius 2 is 2.04 bits per heavy atom. The van der Waals surface area contributed by atoms with Gasteiger partial charge in [-0.25, -0.2) is 4.98 Å². The van der Waals surface area contributed by atoms with Crippen LogP contribution < -0.4 is 0 Å². The van der Waals surface area contributed by atoms with Crippen LogP contribution in [0.2, 0.25) is 0 Å². The summed E-state index contributed by atoms with van der Waals surface area (Å²) in [5.74, 6) is -0.108. The minimum Gasteiger partial charge on any atom is -0.411 e. The van der Waals surface area contributed by atoms with E-state index in [1.807, 2.05) is 49.4 Å². The minimum atomic E-state index is -0.108. The zero-order chi connectivity index (χ0) is 18.1. The molecule has 0 aliphatic carbocycles. The standard InChI is InChI=1S/C20H16N4OS/c1-13(16(23-25)10-11-21)14-6-8-15(9-7-14)17-12-24-18-4-2-3-5-19(18)26-20(24)22-17/h2-9,12-13,25H,10H2,1H3. The summed E-state index contributed by atoms with van der Waals surface area (Å²) in [5, 5.41) is 21.2. The van der Waals surface area contributed by atoms with Gasteiger partial charge in [-0.3, -0.25) is 4.40 Å². The number of benzene rings is 2. The molecule has 2 heterocycles. The van der Waals surface area contributed by atoms with Crippen LogP contribution in [-0.4, -0.2) is 20.3 Å². The molecule has 1 unspecified atom stereocenters. The van der Waals surface area contributed by atoms with Crippen molar-refractivity contribution in [3.63, 3.8) is 0 Å². The van der Waals surface area contributed by atoms with E-state index < -0.39 is 0 Å². The van der Waals surface area contributed by atoms with E-state index in [0.29, 0.717) is 5.71 Å². The zero-order valence-corrected chi connectivity index (χ0v) is 14.9. The number of hydrogen-bond acceptors (Lipinski definition) is 5. The van der Waals surface area contributed by atoms with Crippen molar-refractivity contribution >= 4 is 32.2 Å². The monoisotopic (exact) mass is 360 g/mol. The summed E-state index contributed by atoms with van der Waals surface area (Å²) >= 11 is 1.68. The SMILES string of the molecule is CC(C(CC#N)=NO)c1ccc(-c2cn3c(n2)sc2ccccc23)cc1. The summed E-state index contributed by atoms with van der Waals surface area (Å²) in [6.07, 6.45) is 2.17. The number of thiazole rings is 1. The molecule has 1 N–H and O–H groups in total. The molecule has 1 atom stereocenters. The molecule has 0 bridgehead atoms. The van der Waals surface area contributed by atoms with Gasteiger partial charge in [0.2, 0.25) is 0 Å². The van der Waals surface area contributed by atoms with Crippen molar-refractivity contribution < 1.29 is 5.21 Å². The average Bonchev–Trinajstić information content (AvgIpc) is 3.24. The quantitative estimate of drug-likeness (QED) is 0.314. The fourth-order valence-corrected chi connectivity index (χ4v) is 4.09. The molecule has 2 aromatic heterocycles. The Morgan fingerprint density at radius 3 is 2.77 bits per heavy atom. The predicted octanol–water partition coefficient (Wildman–Crippen LogP) is 5.06. The number of aromatic nitrogens is 2. The van der Waals surface area contributed by atoms with E-state index >= 15 is 0 Å². The van der Waals surface area contributed by atoms with Gasteiger partial charge in [-0.1, -0.05) is 59.8 Å². The van der Waals surface area contributed by atoms with Crippen molar-refractivity contribution in [2.75, 3.05) is 0 Å². The molecule has 4 rings (SSSR count). The Balaban J connectivity index is 1.66. The third kappa shape index (κ3) is 2.72. The Labute approximate surface area is 154 Å². The lowest BCUT2D eigenvalue weighted by Crippen LogP contribution is -2.08. The van der Waals surface area contributed by atoms with Crippen LogP contribution in [0.3, 0.4) is 0 Å². The summed E-state index contributed by atoms with van der Waals surface area (Å²) in [7, 11) is 0. The van der Waals surface area contributed by atoms with Crippen LogP contribution in [0.15, 0.2) is 59.9 Å². The topological polar surface area (TPSA) is 73.7 Å². The lowest BCUT2D eigenvalue weighted by atomic mass is 9.93.